The smallest absolute Gasteiger partial charge is 0.250 e. The summed E-state index contributed by atoms with van der Waals surface area (Å²) in [4.78, 5) is 36.5. The number of nitrogens with zero attached hydrogens (tertiary/aromatic N) is 3. The molecule has 2 atom stereocenters. The highest BCUT2D eigenvalue weighted by Gasteiger charge is 2.28. The Bertz CT molecular complexity index is 1470. The molecule has 3 aromatic rings. The summed E-state index contributed by atoms with van der Waals surface area (Å²) in [6, 6.07) is 3.30. The van der Waals surface area contributed by atoms with E-state index in [1.165, 1.54) is 46.0 Å². The molecule has 1 aliphatic heterocycles. The fourth-order valence-electron chi connectivity index (χ4n) is 5.32. The van der Waals surface area contributed by atoms with Crippen molar-refractivity contribution in [3.8, 4) is 22.8 Å². The number of anilines is 2. The predicted molar refractivity (Wildman–Crippen MR) is 161 cm³/mol. The maximum absolute atomic E-state index is 11.7. The highest BCUT2D eigenvalue weighted by atomic mass is 35.5. The first-order valence-corrected chi connectivity index (χ1v) is 14.5. The van der Waals surface area contributed by atoms with Gasteiger partial charge in [0.05, 0.1) is 49.2 Å². The van der Waals surface area contributed by atoms with Crippen molar-refractivity contribution in [2.24, 2.45) is 11.8 Å². The molecule has 11 nitrogen and oxygen atoms in total. The molecule has 0 radical (unpaired) electrons. The Morgan fingerprint density at radius 3 is 2.52 bits per heavy atom. The van der Waals surface area contributed by atoms with Crippen LogP contribution >= 0.6 is 23.2 Å². The third-order valence-electron chi connectivity index (χ3n) is 7.56. The van der Waals surface area contributed by atoms with E-state index in [-0.39, 0.29) is 12.0 Å². The van der Waals surface area contributed by atoms with E-state index in [1.54, 1.807) is 18.3 Å². The Morgan fingerprint density at radius 2 is 1.83 bits per heavy atom. The van der Waals surface area contributed by atoms with E-state index < -0.39 is 5.91 Å². The summed E-state index contributed by atoms with van der Waals surface area (Å²) in [5.41, 5.74) is 1.64. The lowest BCUT2D eigenvalue weighted by Crippen LogP contribution is -2.28. The van der Waals surface area contributed by atoms with Crippen LogP contribution in [-0.4, -0.2) is 67.3 Å². The van der Waals surface area contributed by atoms with E-state index >= 15 is 0 Å². The second-order valence-corrected chi connectivity index (χ2v) is 11.0. The van der Waals surface area contributed by atoms with Gasteiger partial charge in [0, 0.05) is 35.7 Å². The van der Waals surface area contributed by atoms with Crippen LogP contribution in [0.25, 0.3) is 22.2 Å². The summed E-state index contributed by atoms with van der Waals surface area (Å²) in [6.07, 6.45) is 9.88. The van der Waals surface area contributed by atoms with Gasteiger partial charge >= 0.3 is 0 Å². The monoisotopic (exact) mass is 614 g/mol. The molecule has 0 bridgehead atoms. The summed E-state index contributed by atoms with van der Waals surface area (Å²) in [6.45, 7) is 1.58. The number of methoxy groups -OCH3 is 2. The number of rotatable bonds is 11. The fourth-order valence-corrected chi connectivity index (χ4v) is 6.01. The van der Waals surface area contributed by atoms with E-state index in [9.17, 15) is 9.59 Å². The normalized spacial score (nSPS) is 18.9. The molecule has 3 N–H and O–H groups in total. The van der Waals surface area contributed by atoms with Crippen LogP contribution in [0.5, 0.6) is 11.5 Å². The zero-order valence-electron chi connectivity index (χ0n) is 23.3. The molecule has 3 heterocycles. The van der Waals surface area contributed by atoms with Crippen molar-refractivity contribution in [3.05, 3.63) is 40.5 Å². The quantitative estimate of drug-likeness (QED) is 0.202. The number of imide groups is 1. The van der Waals surface area contributed by atoms with Gasteiger partial charge in [0.2, 0.25) is 18.3 Å². The number of carbonyl (C=O) groups excluding carboxylic acids is 2. The number of benzene rings is 1. The van der Waals surface area contributed by atoms with E-state index in [2.05, 4.69) is 20.9 Å². The van der Waals surface area contributed by atoms with Crippen molar-refractivity contribution in [2.75, 3.05) is 44.6 Å². The van der Waals surface area contributed by atoms with Gasteiger partial charge in [0.15, 0.2) is 5.82 Å². The number of halogens is 2. The van der Waals surface area contributed by atoms with Crippen LogP contribution in [0.4, 0.5) is 11.8 Å². The average molecular weight is 616 g/mol. The number of fused-ring (bicyclic) bond motifs is 1. The van der Waals surface area contributed by atoms with Gasteiger partial charge in [0.25, 0.3) is 0 Å². The van der Waals surface area contributed by atoms with Crippen molar-refractivity contribution >= 4 is 58.2 Å². The topological polar surface area (TPSA) is 137 Å². The van der Waals surface area contributed by atoms with Gasteiger partial charge in [-0.2, -0.15) is 0 Å². The molecule has 1 saturated heterocycles. The number of carbonyl (C=O) groups is 2. The predicted octanol–water partition coefficient (Wildman–Crippen LogP) is 4.87. The third kappa shape index (κ3) is 6.53. The zero-order chi connectivity index (χ0) is 29.6. The molecule has 0 spiro atoms. The highest BCUT2D eigenvalue weighted by molar-refractivity contribution is 6.41. The van der Waals surface area contributed by atoms with Gasteiger partial charge in [-0.25, -0.2) is 15.0 Å². The molecule has 42 heavy (non-hydrogen) atoms. The lowest BCUT2D eigenvalue weighted by atomic mass is 10.0. The number of hydrogen-bond donors (Lipinski definition) is 3. The van der Waals surface area contributed by atoms with Crippen molar-refractivity contribution in [3.63, 3.8) is 0 Å². The number of nitrogens with one attached hydrogen (secondary N) is 3. The van der Waals surface area contributed by atoms with Gasteiger partial charge in [-0.3, -0.25) is 14.9 Å². The summed E-state index contributed by atoms with van der Waals surface area (Å²) >= 11 is 13.5. The van der Waals surface area contributed by atoms with E-state index in [4.69, 9.17) is 47.4 Å². The molecule has 2 amide bonds. The van der Waals surface area contributed by atoms with Gasteiger partial charge in [-0.15, -0.1) is 0 Å². The molecule has 1 aromatic carbocycles. The summed E-state index contributed by atoms with van der Waals surface area (Å²) in [5, 5.41) is 10.3. The SMILES string of the molecule is COc1cc(OC)c(Cl)c(-c2cc3cnc(N[C@@H]4COC[C@@H]4C=CC(=O)NC=O)nc3c(NCC3CCCC3)n2)c1Cl. The first kappa shape index (κ1) is 29.8. The Morgan fingerprint density at radius 1 is 1.10 bits per heavy atom. The zero-order valence-corrected chi connectivity index (χ0v) is 24.8. The van der Waals surface area contributed by atoms with Crippen LogP contribution in [-0.2, 0) is 14.3 Å². The second-order valence-electron chi connectivity index (χ2n) is 10.2. The van der Waals surface area contributed by atoms with Crippen molar-refractivity contribution in [1.82, 2.24) is 20.3 Å². The third-order valence-corrected chi connectivity index (χ3v) is 8.31. The van der Waals surface area contributed by atoms with Crippen LogP contribution in [0, 0.1) is 11.8 Å². The van der Waals surface area contributed by atoms with Crippen LogP contribution in [0.2, 0.25) is 10.0 Å². The molecule has 1 aliphatic carbocycles. The molecule has 2 fully saturated rings. The number of aromatic nitrogens is 3. The molecule has 5 rings (SSSR count). The summed E-state index contributed by atoms with van der Waals surface area (Å²) in [5.74, 6) is 1.74. The van der Waals surface area contributed by atoms with Crippen LogP contribution in [0.1, 0.15) is 25.7 Å². The van der Waals surface area contributed by atoms with Crippen LogP contribution in [0.3, 0.4) is 0 Å². The van der Waals surface area contributed by atoms with Gasteiger partial charge in [-0.05, 0) is 30.9 Å². The lowest BCUT2D eigenvalue weighted by Gasteiger charge is -2.19. The van der Waals surface area contributed by atoms with E-state index in [1.807, 2.05) is 6.07 Å². The minimum absolute atomic E-state index is 0.116. The molecular weight excluding hydrogens is 583 g/mol. The number of amides is 2. The van der Waals surface area contributed by atoms with Crippen molar-refractivity contribution < 1.29 is 23.8 Å². The largest absolute Gasteiger partial charge is 0.495 e. The van der Waals surface area contributed by atoms with Crippen molar-refractivity contribution in [2.45, 2.75) is 31.7 Å². The Balaban J connectivity index is 1.51. The standard InChI is InChI=1S/C29H32Cl2N6O5/c1-40-21-10-22(41-2)26(31)24(25(21)30)19-9-18-12-33-29(36-20-14-42-13-17(20)7-8-23(39)34-15-38)37-27(18)28(35-19)32-11-16-5-3-4-6-16/h7-10,12,15-17,20H,3-6,11,13-14H2,1-2H3,(H,32,35)(H,33,36,37)(H,34,38,39)/t17-,20+/m0/s1. The van der Waals surface area contributed by atoms with E-state index in [0.29, 0.717) is 75.6 Å². The fraction of sp³-hybridized carbons (Fsp3) is 0.414. The van der Waals surface area contributed by atoms with Crippen molar-refractivity contribution in [1.29, 1.82) is 0 Å². The first-order chi connectivity index (χ1) is 20.4. The highest BCUT2D eigenvalue weighted by Crippen LogP contribution is 2.46. The van der Waals surface area contributed by atoms with Crippen LogP contribution < -0.4 is 25.4 Å². The maximum Gasteiger partial charge on any atom is 0.250 e. The summed E-state index contributed by atoms with van der Waals surface area (Å²) < 4.78 is 16.6. The molecule has 0 unspecified atom stereocenters. The Kier molecular flexibility index (Phi) is 9.61. The van der Waals surface area contributed by atoms with Gasteiger partial charge < -0.3 is 24.8 Å². The van der Waals surface area contributed by atoms with E-state index in [0.717, 1.165) is 11.9 Å². The Hall–Kier alpha value is -3.67. The second kappa shape index (κ2) is 13.5. The van der Waals surface area contributed by atoms with Gasteiger partial charge in [0.1, 0.15) is 17.0 Å². The summed E-state index contributed by atoms with van der Waals surface area (Å²) in [7, 11) is 3.05. The Labute approximate surface area is 253 Å². The maximum atomic E-state index is 11.7. The van der Waals surface area contributed by atoms with Gasteiger partial charge in [-0.1, -0.05) is 42.1 Å². The number of hydrogen-bond acceptors (Lipinski definition) is 10. The molecular formula is C29H32Cl2N6O5. The number of ether oxygens (including phenoxy) is 3. The molecule has 13 heteroatoms. The molecule has 2 aliphatic rings. The molecule has 222 valence electrons. The molecule has 2 aromatic heterocycles. The minimum atomic E-state index is -0.494. The molecule has 1 saturated carbocycles. The lowest BCUT2D eigenvalue weighted by molar-refractivity contribution is -0.121. The minimum Gasteiger partial charge on any atom is -0.495 e. The number of pyridine rings is 1. The first-order valence-electron chi connectivity index (χ1n) is 13.7. The van der Waals surface area contributed by atoms with Crippen LogP contribution in [0.15, 0.2) is 30.5 Å². The average Bonchev–Trinajstić information content (AvgIpc) is 3.67.